The minimum atomic E-state index is -0.854. The van der Waals surface area contributed by atoms with Gasteiger partial charge in [0.05, 0.1) is 11.8 Å². The molecule has 4 saturated carbocycles. The van der Waals surface area contributed by atoms with Crippen molar-refractivity contribution >= 4 is 29.2 Å². The quantitative estimate of drug-likeness (QED) is 0.672. The van der Waals surface area contributed by atoms with E-state index in [1.807, 2.05) is 24.3 Å². The maximum Gasteiger partial charge on any atom is 0.307 e. The second-order valence-electron chi connectivity index (χ2n) is 9.75. The Morgan fingerprint density at radius 2 is 1.60 bits per heavy atom. The number of carboxylic acids is 1. The van der Waals surface area contributed by atoms with Crippen LogP contribution in [0.4, 0.5) is 5.69 Å². The van der Waals surface area contributed by atoms with Crippen LogP contribution in [0, 0.1) is 17.3 Å². The zero-order valence-electron chi connectivity index (χ0n) is 16.9. The zero-order chi connectivity index (χ0) is 20.9. The van der Waals surface area contributed by atoms with Gasteiger partial charge in [0.2, 0.25) is 5.91 Å². The molecule has 156 valence electrons. The summed E-state index contributed by atoms with van der Waals surface area (Å²) in [5.41, 5.74) is 2.57. The van der Waals surface area contributed by atoms with Crippen molar-refractivity contribution in [3.63, 3.8) is 0 Å². The normalized spacial score (nSPS) is 31.5. The molecule has 0 aliphatic heterocycles. The number of anilines is 1. The van der Waals surface area contributed by atoms with E-state index in [0.717, 1.165) is 35.5 Å². The molecule has 4 nitrogen and oxygen atoms in total. The Balaban J connectivity index is 1.39. The largest absolute Gasteiger partial charge is 0.481 e. The standard InChI is InChI=1S/C25H26ClNO3/c26-20-5-3-19(4-6-20)24-11-17-9-18(12-24)14-25(13-17,15-24)23(30)27-21-7-1-16(2-8-21)10-22(28)29/h1-8,17-18H,9-15H2,(H,27,30)(H,28,29). The van der Waals surface area contributed by atoms with E-state index in [9.17, 15) is 9.59 Å². The molecule has 4 bridgehead atoms. The molecule has 2 aromatic carbocycles. The number of rotatable bonds is 5. The molecule has 4 aliphatic rings. The molecule has 6 rings (SSSR count). The first-order chi connectivity index (χ1) is 14.4. The van der Waals surface area contributed by atoms with Gasteiger partial charge < -0.3 is 10.4 Å². The number of carbonyl (C=O) groups excluding carboxylic acids is 1. The van der Waals surface area contributed by atoms with Crippen LogP contribution in [0.3, 0.4) is 0 Å². The van der Waals surface area contributed by atoms with E-state index in [1.54, 1.807) is 12.1 Å². The smallest absolute Gasteiger partial charge is 0.307 e. The van der Waals surface area contributed by atoms with E-state index < -0.39 is 5.97 Å². The van der Waals surface area contributed by atoms with Gasteiger partial charge in [0.25, 0.3) is 0 Å². The number of halogens is 1. The lowest BCUT2D eigenvalue weighted by Crippen LogP contribution is -2.57. The van der Waals surface area contributed by atoms with Gasteiger partial charge in [-0.2, -0.15) is 0 Å². The summed E-state index contributed by atoms with van der Waals surface area (Å²) in [5.74, 6) is 0.477. The Bertz CT molecular complexity index is 968. The lowest BCUT2D eigenvalue weighted by molar-refractivity contribution is -0.143. The van der Waals surface area contributed by atoms with Crippen molar-refractivity contribution in [2.24, 2.45) is 17.3 Å². The van der Waals surface area contributed by atoms with E-state index in [-0.39, 0.29) is 23.2 Å². The van der Waals surface area contributed by atoms with E-state index >= 15 is 0 Å². The van der Waals surface area contributed by atoms with E-state index in [1.165, 1.54) is 24.8 Å². The molecule has 0 saturated heterocycles. The van der Waals surface area contributed by atoms with Gasteiger partial charge in [0, 0.05) is 10.7 Å². The highest BCUT2D eigenvalue weighted by Gasteiger charge is 2.60. The first kappa shape index (κ1) is 19.6. The second kappa shape index (κ2) is 7.12. The van der Waals surface area contributed by atoms with Crippen LogP contribution in [-0.2, 0) is 21.4 Å². The van der Waals surface area contributed by atoms with Crippen LogP contribution >= 0.6 is 11.6 Å². The third-order valence-electron chi connectivity index (χ3n) is 7.57. The highest BCUT2D eigenvalue weighted by Crippen LogP contribution is 2.66. The number of amides is 1. The number of aliphatic carboxylic acids is 1. The summed E-state index contributed by atoms with van der Waals surface area (Å²) in [5, 5.41) is 12.8. The van der Waals surface area contributed by atoms with Gasteiger partial charge in [0.1, 0.15) is 0 Å². The fourth-order valence-corrected chi connectivity index (χ4v) is 6.94. The van der Waals surface area contributed by atoms with Gasteiger partial charge in [-0.3, -0.25) is 9.59 Å². The second-order valence-corrected chi connectivity index (χ2v) is 10.2. The molecule has 0 aromatic heterocycles. The summed E-state index contributed by atoms with van der Waals surface area (Å²) in [6, 6.07) is 15.4. The molecule has 0 heterocycles. The van der Waals surface area contributed by atoms with Crippen molar-refractivity contribution in [2.45, 2.75) is 50.4 Å². The van der Waals surface area contributed by atoms with Crippen molar-refractivity contribution in [2.75, 3.05) is 5.32 Å². The zero-order valence-corrected chi connectivity index (χ0v) is 17.6. The molecular weight excluding hydrogens is 398 g/mol. The van der Waals surface area contributed by atoms with Crippen molar-refractivity contribution in [1.29, 1.82) is 0 Å². The van der Waals surface area contributed by atoms with Crippen LogP contribution in [0.25, 0.3) is 0 Å². The van der Waals surface area contributed by atoms with Gasteiger partial charge in [-0.25, -0.2) is 0 Å². The molecule has 30 heavy (non-hydrogen) atoms. The van der Waals surface area contributed by atoms with Gasteiger partial charge in [-0.15, -0.1) is 0 Å². The predicted octanol–water partition coefficient (Wildman–Crippen LogP) is 5.44. The molecular formula is C25H26ClNO3. The Morgan fingerprint density at radius 1 is 0.967 bits per heavy atom. The lowest BCUT2D eigenvalue weighted by Gasteiger charge is -2.61. The first-order valence-electron chi connectivity index (χ1n) is 10.7. The molecule has 4 aliphatic carbocycles. The van der Waals surface area contributed by atoms with Gasteiger partial charge >= 0.3 is 5.97 Å². The fourth-order valence-electron chi connectivity index (χ4n) is 6.81. The van der Waals surface area contributed by atoms with Crippen LogP contribution in [0.15, 0.2) is 48.5 Å². The Morgan fingerprint density at radius 3 is 2.20 bits per heavy atom. The molecule has 0 radical (unpaired) electrons. The average molecular weight is 424 g/mol. The van der Waals surface area contributed by atoms with Gasteiger partial charge in [0.15, 0.2) is 0 Å². The lowest BCUT2D eigenvalue weighted by atomic mass is 9.42. The number of carbonyl (C=O) groups is 2. The molecule has 0 spiro atoms. The van der Waals surface area contributed by atoms with Gasteiger partial charge in [-0.05, 0) is 91.2 Å². The number of hydrogen-bond donors (Lipinski definition) is 2. The van der Waals surface area contributed by atoms with Crippen LogP contribution in [0.1, 0.15) is 49.7 Å². The summed E-state index contributed by atoms with van der Waals surface area (Å²) < 4.78 is 0. The molecule has 2 atom stereocenters. The fraction of sp³-hybridized carbons (Fsp3) is 0.440. The van der Waals surface area contributed by atoms with Crippen molar-refractivity contribution < 1.29 is 14.7 Å². The number of carboxylic acid groups (broad SMARTS) is 1. The molecule has 2 unspecified atom stereocenters. The number of nitrogens with one attached hydrogen (secondary N) is 1. The number of hydrogen-bond acceptors (Lipinski definition) is 2. The highest BCUT2D eigenvalue weighted by atomic mass is 35.5. The third-order valence-corrected chi connectivity index (χ3v) is 7.82. The maximum atomic E-state index is 13.5. The highest BCUT2D eigenvalue weighted by molar-refractivity contribution is 6.30. The summed E-state index contributed by atoms with van der Waals surface area (Å²) in [4.78, 5) is 24.4. The molecule has 1 amide bonds. The van der Waals surface area contributed by atoms with E-state index in [0.29, 0.717) is 11.8 Å². The summed E-state index contributed by atoms with van der Waals surface area (Å²) in [6.45, 7) is 0. The summed E-state index contributed by atoms with van der Waals surface area (Å²) in [6.07, 6.45) is 6.43. The molecule has 4 fully saturated rings. The SMILES string of the molecule is O=C(O)Cc1ccc(NC(=O)C23CC4CC(C2)CC(c2ccc(Cl)cc2)(C4)C3)cc1. The third kappa shape index (κ3) is 3.41. The molecule has 2 aromatic rings. The minimum Gasteiger partial charge on any atom is -0.481 e. The van der Waals surface area contributed by atoms with Crippen molar-refractivity contribution in [1.82, 2.24) is 0 Å². The Kier molecular flexibility index (Phi) is 4.66. The maximum absolute atomic E-state index is 13.5. The summed E-state index contributed by atoms with van der Waals surface area (Å²) >= 11 is 6.13. The Labute approximate surface area is 181 Å². The van der Waals surface area contributed by atoms with Gasteiger partial charge in [-0.1, -0.05) is 35.9 Å². The summed E-state index contributed by atoms with van der Waals surface area (Å²) in [7, 11) is 0. The Hall–Kier alpha value is -2.33. The van der Waals surface area contributed by atoms with Crippen LogP contribution < -0.4 is 5.32 Å². The van der Waals surface area contributed by atoms with Crippen LogP contribution in [0.5, 0.6) is 0 Å². The van der Waals surface area contributed by atoms with Crippen molar-refractivity contribution in [3.8, 4) is 0 Å². The molecule has 5 heteroatoms. The first-order valence-corrected chi connectivity index (χ1v) is 11.1. The number of benzene rings is 2. The van der Waals surface area contributed by atoms with E-state index in [2.05, 4.69) is 17.4 Å². The van der Waals surface area contributed by atoms with E-state index in [4.69, 9.17) is 16.7 Å². The predicted molar refractivity (Wildman–Crippen MR) is 117 cm³/mol. The van der Waals surface area contributed by atoms with Crippen LogP contribution in [0.2, 0.25) is 5.02 Å². The topological polar surface area (TPSA) is 66.4 Å². The molecule has 2 N–H and O–H groups in total. The van der Waals surface area contributed by atoms with Crippen molar-refractivity contribution in [3.05, 3.63) is 64.7 Å². The monoisotopic (exact) mass is 423 g/mol. The minimum absolute atomic E-state index is 0.00879. The van der Waals surface area contributed by atoms with Crippen LogP contribution in [-0.4, -0.2) is 17.0 Å². The average Bonchev–Trinajstić information content (AvgIpc) is 2.68.